The molecule has 0 saturated carbocycles. The van der Waals surface area contributed by atoms with E-state index in [1.165, 1.54) is 14.1 Å². The molecule has 6 nitrogen and oxygen atoms in total. The van der Waals surface area contributed by atoms with Crippen LogP contribution in [0.5, 0.6) is 0 Å². The zero-order valence-corrected chi connectivity index (χ0v) is 25.4. The van der Waals surface area contributed by atoms with Crippen LogP contribution in [0.4, 0.5) is 0 Å². The van der Waals surface area contributed by atoms with Crippen LogP contribution in [0.15, 0.2) is 36.4 Å². The Morgan fingerprint density at radius 1 is 0.525 bits per heavy atom. The number of thiophene rings is 2. The minimum absolute atomic E-state index is 0.0929. The maximum Gasteiger partial charge on any atom is 0.261 e. The number of carbonyl (C=O) groups is 4. The van der Waals surface area contributed by atoms with Gasteiger partial charge in [0.1, 0.15) is 0 Å². The molecule has 0 unspecified atom stereocenters. The summed E-state index contributed by atoms with van der Waals surface area (Å²) in [6.45, 7) is 12.8. The summed E-state index contributed by atoms with van der Waals surface area (Å²) < 4.78 is 0. The molecule has 6 rings (SSSR count). The van der Waals surface area contributed by atoms with Gasteiger partial charge in [-0.05, 0) is 47.2 Å². The average molecular weight is 571 g/mol. The summed E-state index contributed by atoms with van der Waals surface area (Å²) in [4.78, 5) is 61.0. The molecule has 0 aliphatic carbocycles. The van der Waals surface area contributed by atoms with Crippen molar-refractivity contribution in [2.45, 2.75) is 52.4 Å². The van der Waals surface area contributed by atoms with Gasteiger partial charge in [0.05, 0.1) is 11.1 Å². The third kappa shape index (κ3) is 3.65. The van der Waals surface area contributed by atoms with Crippen molar-refractivity contribution < 1.29 is 19.2 Å². The lowest BCUT2D eigenvalue weighted by Crippen LogP contribution is -2.41. The quantitative estimate of drug-likeness (QED) is 0.236. The zero-order chi connectivity index (χ0) is 29.0. The Kier molecular flexibility index (Phi) is 5.61. The minimum Gasteiger partial charge on any atom is -0.277 e. The van der Waals surface area contributed by atoms with Crippen LogP contribution in [0.3, 0.4) is 0 Å². The van der Waals surface area contributed by atoms with Crippen LogP contribution in [0, 0.1) is 0 Å². The van der Waals surface area contributed by atoms with Gasteiger partial charge in [0.25, 0.3) is 23.6 Å². The maximum absolute atomic E-state index is 13.8. The molecule has 0 bridgehead atoms. The third-order valence-electron chi connectivity index (χ3n) is 7.73. The van der Waals surface area contributed by atoms with E-state index in [9.17, 15) is 19.2 Å². The van der Waals surface area contributed by atoms with E-state index >= 15 is 0 Å². The Hall–Kier alpha value is -3.62. The molecule has 0 N–H and O–H groups in total. The molecule has 4 aromatic rings. The molecule has 2 aliphatic rings. The van der Waals surface area contributed by atoms with Gasteiger partial charge < -0.3 is 0 Å². The van der Waals surface area contributed by atoms with Crippen molar-refractivity contribution in [3.8, 4) is 20.9 Å². The number of hydrogen-bond donors (Lipinski definition) is 0. The van der Waals surface area contributed by atoms with Crippen LogP contribution in [0.25, 0.3) is 31.7 Å². The Labute approximate surface area is 241 Å². The van der Waals surface area contributed by atoms with Crippen LogP contribution in [-0.4, -0.2) is 47.5 Å². The normalized spacial score (nSPS) is 15.6. The molecule has 204 valence electrons. The molecule has 2 aliphatic heterocycles. The van der Waals surface area contributed by atoms with Crippen LogP contribution >= 0.6 is 22.7 Å². The van der Waals surface area contributed by atoms with Crippen molar-refractivity contribution in [2.24, 2.45) is 0 Å². The standard InChI is InChI=1S/C32H30N2O4S2/c1-31(2,3)21-11-9-19(39-21)15-13-17-24-23-18(28(36)33(7)29(37)25(15)23)14-16(26(24)30(38)34(8)27(17)35)20-10-12-22(40-20)32(4,5)6/h9-14H,1-8H3. The van der Waals surface area contributed by atoms with Crippen molar-refractivity contribution in [1.82, 2.24) is 9.80 Å². The zero-order valence-electron chi connectivity index (χ0n) is 23.8. The van der Waals surface area contributed by atoms with Crippen molar-refractivity contribution in [3.63, 3.8) is 0 Å². The van der Waals surface area contributed by atoms with E-state index in [1.807, 2.05) is 24.3 Å². The fourth-order valence-corrected chi connectivity index (χ4v) is 7.63. The van der Waals surface area contributed by atoms with Crippen LogP contribution in [0.2, 0.25) is 0 Å². The average Bonchev–Trinajstić information content (AvgIpc) is 3.58. The molecule has 40 heavy (non-hydrogen) atoms. The smallest absolute Gasteiger partial charge is 0.261 e. The predicted octanol–water partition coefficient (Wildman–Crippen LogP) is 7.34. The molecule has 0 fully saturated rings. The summed E-state index contributed by atoms with van der Waals surface area (Å²) in [5, 5.41) is 0.792. The summed E-state index contributed by atoms with van der Waals surface area (Å²) in [6.07, 6.45) is 0. The molecule has 8 heteroatoms. The second kappa shape index (κ2) is 8.44. The summed E-state index contributed by atoms with van der Waals surface area (Å²) >= 11 is 3.14. The fourth-order valence-electron chi connectivity index (χ4n) is 5.46. The number of benzene rings is 2. The molecule has 4 amide bonds. The van der Waals surface area contributed by atoms with E-state index in [0.29, 0.717) is 44.2 Å². The number of rotatable bonds is 2. The molecular weight excluding hydrogens is 540 g/mol. The minimum atomic E-state index is -0.443. The first-order valence-corrected chi connectivity index (χ1v) is 14.8. The van der Waals surface area contributed by atoms with Crippen molar-refractivity contribution in [3.05, 3.63) is 68.4 Å². The van der Waals surface area contributed by atoms with Crippen molar-refractivity contribution in [1.29, 1.82) is 0 Å². The summed E-state index contributed by atoms with van der Waals surface area (Å²) in [5.74, 6) is -1.76. The lowest BCUT2D eigenvalue weighted by atomic mass is 9.81. The van der Waals surface area contributed by atoms with Gasteiger partial charge in [-0.2, -0.15) is 0 Å². The van der Waals surface area contributed by atoms with Crippen molar-refractivity contribution >= 4 is 57.1 Å². The first-order chi connectivity index (χ1) is 18.6. The first-order valence-electron chi connectivity index (χ1n) is 13.1. The predicted molar refractivity (Wildman–Crippen MR) is 161 cm³/mol. The van der Waals surface area contributed by atoms with Gasteiger partial charge in [-0.25, -0.2) is 0 Å². The Balaban J connectivity index is 1.77. The lowest BCUT2D eigenvalue weighted by molar-refractivity contribution is 0.0630. The molecule has 0 spiro atoms. The SMILES string of the molecule is CN1C(=O)c2cc(-c3ccc(C(C)(C)C)s3)c3c4c(cc(-c5ccc(C(C)(C)C)s5)c(c24)C1=O)C(=O)N(C)C3=O. The second-order valence-corrected chi connectivity index (χ2v) is 14.8. The first kappa shape index (κ1) is 26.6. The highest BCUT2D eigenvalue weighted by Gasteiger charge is 2.41. The van der Waals surface area contributed by atoms with E-state index in [-0.39, 0.29) is 10.8 Å². The van der Waals surface area contributed by atoms with Crippen LogP contribution < -0.4 is 0 Å². The highest BCUT2D eigenvalue weighted by Crippen LogP contribution is 2.48. The summed E-state index contributed by atoms with van der Waals surface area (Å²) in [7, 11) is 2.97. The molecule has 0 radical (unpaired) electrons. The third-order valence-corrected chi connectivity index (χ3v) is 10.8. The van der Waals surface area contributed by atoms with Gasteiger partial charge in [-0.15, -0.1) is 22.7 Å². The van der Waals surface area contributed by atoms with E-state index in [1.54, 1.807) is 34.8 Å². The summed E-state index contributed by atoms with van der Waals surface area (Å²) in [5.41, 5.74) is 2.41. The number of amides is 4. The van der Waals surface area contributed by atoms with E-state index < -0.39 is 23.6 Å². The molecule has 2 aromatic heterocycles. The Morgan fingerprint density at radius 3 is 1.18 bits per heavy atom. The number of hydrogen-bond acceptors (Lipinski definition) is 6. The van der Waals surface area contributed by atoms with Gasteiger partial charge in [0.15, 0.2) is 0 Å². The van der Waals surface area contributed by atoms with E-state index in [4.69, 9.17) is 0 Å². The molecule has 4 heterocycles. The molecule has 0 saturated heterocycles. The van der Waals surface area contributed by atoms with Crippen molar-refractivity contribution in [2.75, 3.05) is 14.1 Å². The fraction of sp³-hybridized carbons (Fsp3) is 0.312. The lowest BCUT2D eigenvalue weighted by Gasteiger charge is -2.32. The van der Waals surface area contributed by atoms with E-state index in [2.05, 4.69) is 41.5 Å². The maximum atomic E-state index is 13.8. The molecular formula is C32H30N2O4S2. The molecule has 0 atom stereocenters. The number of nitrogens with zero attached hydrogens (tertiary/aromatic N) is 2. The monoisotopic (exact) mass is 570 g/mol. The Bertz CT molecular complexity index is 1690. The summed E-state index contributed by atoms with van der Waals surface area (Å²) in [6, 6.07) is 11.5. The topological polar surface area (TPSA) is 74.8 Å². The van der Waals surface area contributed by atoms with Crippen LogP contribution in [-0.2, 0) is 10.8 Å². The van der Waals surface area contributed by atoms with Gasteiger partial charge in [-0.3, -0.25) is 29.0 Å². The highest BCUT2D eigenvalue weighted by atomic mass is 32.1. The second-order valence-electron chi connectivity index (χ2n) is 12.6. The number of imide groups is 2. The van der Waals surface area contributed by atoms with E-state index in [0.717, 1.165) is 29.3 Å². The highest BCUT2D eigenvalue weighted by molar-refractivity contribution is 7.16. The van der Waals surface area contributed by atoms with Gasteiger partial charge in [0.2, 0.25) is 0 Å². The van der Waals surface area contributed by atoms with Gasteiger partial charge in [-0.1, -0.05) is 41.5 Å². The van der Waals surface area contributed by atoms with Gasteiger partial charge in [0, 0.05) is 66.6 Å². The molecule has 2 aromatic carbocycles. The van der Waals surface area contributed by atoms with Crippen LogP contribution in [0.1, 0.15) is 92.7 Å². The largest absolute Gasteiger partial charge is 0.277 e. The Morgan fingerprint density at radius 2 is 0.875 bits per heavy atom. The number of carbonyl (C=O) groups excluding carboxylic acids is 4. The van der Waals surface area contributed by atoms with Gasteiger partial charge >= 0.3 is 0 Å².